The molecule has 0 saturated carbocycles. The summed E-state index contributed by atoms with van der Waals surface area (Å²) < 4.78 is 4.79. The van der Waals surface area contributed by atoms with E-state index in [0.717, 1.165) is 12.8 Å². The number of amides is 2. The number of carbonyl (C=O) groups is 2. The fraction of sp³-hybridized carbons (Fsp3) is 0.800. The summed E-state index contributed by atoms with van der Waals surface area (Å²) >= 11 is 0. The third-order valence-electron chi connectivity index (χ3n) is 2.67. The summed E-state index contributed by atoms with van der Waals surface area (Å²) in [6, 6.07) is 0.141. The van der Waals surface area contributed by atoms with Crippen molar-refractivity contribution in [1.82, 2.24) is 10.2 Å². The third kappa shape index (κ3) is 3.79. The Labute approximate surface area is 95.1 Å². The summed E-state index contributed by atoms with van der Waals surface area (Å²) in [5, 5.41) is 2.83. The summed E-state index contributed by atoms with van der Waals surface area (Å²) in [5.41, 5.74) is 5.21. The minimum atomic E-state index is -0.137. The standard InChI is InChI=1S/C10H19N3O3/c1-16-7-10(15)13-4-2-8(3-5-13)12-9(14)6-11/h8H,2-7,11H2,1H3,(H,12,14). The Bertz CT molecular complexity index is 250. The Morgan fingerprint density at radius 2 is 2.06 bits per heavy atom. The van der Waals surface area contributed by atoms with Gasteiger partial charge in [-0.15, -0.1) is 0 Å². The van der Waals surface area contributed by atoms with Crippen molar-refractivity contribution in [3.8, 4) is 0 Å². The topological polar surface area (TPSA) is 84.7 Å². The first-order valence-corrected chi connectivity index (χ1v) is 5.43. The molecule has 0 bridgehead atoms. The lowest BCUT2D eigenvalue weighted by Crippen LogP contribution is -2.48. The molecule has 2 amide bonds. The van der Waals surface area contributed by atoms with E-state index in [0.29, 0.717) is 13.1 Å². The zero-order valence-electron chi connectivity index (χ0n) is 9.57. The lowest BCUT2D eigenvalue weighted by Gasteiger charge is -2.32. The molecule has 0 aromatic carbocycles. The second kappa shape index (κ2) is 6.44. The average molecular weight is 229 g/mol. The smallest absolute Gasteiger partial charge is 0.248 e. The molecular formula is C10H19N3O3. The first-order valence-electron chi connectivity index (χ1n) is 5.43. The molecular weight excluding hydrogens is 210 g/mol. The highest BCUT2D eigenvalue weighted by Crippen LogP contribution is 2.10. The largest absolute Gasteiger partial charge is 0.375 e. The fourth-order valence-corrected chi connectivity index (χ4v) is 1.77. The Balaban J connectivity index is 2.28. The van der Waals surface area contributed by atoms with Gasteiger partial charge in [-0.2, -0.15) is 0 Å². The van der Waals surface area contributed by atoms with Gasteiger partial charge in [-0.25, -0.2) is 0 Å². The number of nitrogens with one attached hydrogen (secondary N) is 1. The van der Waals surface area contributed by atoms with Gasteiger partial charge in [0.15, 0.2) is 0 Å². The van der Waals surface area contributed by atoms with Gasteiger partial charge in [-0.1, -0.05) is 0 Å². The number of nitrogens with two attached hydrogens (primary N) is 1. The highest BCUT2D eigenvalue weighted by molar-refractivity contribution is 5.78. The Hall–Kier alpha value is -1.14. The van der Waals surface area contributed by atoms with Crippen LogP contribution in [0.4, 0.5) is 0 Å². The minimum absolute atomic E-state index is 0.00565. The van der Waals surface area contributed by atoms with Crippen LogP contribution in [0.2, 0.25) is 0 Å². The van der Waals surface area contributed by atoms with Crippen molar-refractivity contribution in [2.24, 2.45) is 5.73 Å². The Morgan fingerprint density at radius 3 is 2.56 bits per heavy atom. The molecule has 0 aliphatic carbocycles. The SMILES string of the molecule is COCC(=O)N1CCC(NC(=O)CN)CC1. The number of hydrogen-bond acceptors (Lipinski definition) is 4. The number of carbonyl (C=O) groups excluding carboxylic acids is 2. The van der Waals surface area contributed by atoms with Gasteiger partial charge in [0.05, 0.1) is 6.54 Å². The summed E-state index contributed by atoms with van der Waals surface area (Å²) in [6.07, 6.45) is 1.56. The van der Waals surface area contributed by atoms with Gasteiger partial charge in [0, 0.05) is 26.2 Å². The zero-order valence-corrected chi connectivity index (χ0v) is 9.57. The van der Waals surface area contributed by atoms with Crippen LogP contribution < -0.4 is 11.1 Å². The summed E-state index contributed by atoms with van der Waals surface area (Å²) in [6.45, 7) is 1.47. The van der Waals surface area contributed by atoms with Crippen LogP contribution in [0, 0.1) is 0 Å². The van der Waals surface area contributed by atoms with E-state index in [-0.39, 0.29) is 31.0 Å². The second-order valence-corrected chi connectivity index (χ2v) is 3.86. The van der Waals surface area contributed by atoms with Crippen molar-refractivity contribution in [2.75, 3.05) is 33.4 Å². The van der Waals surface area contributed by atoms with E-state index in [1.807, 2.05) is 0 Å². The molecule has 1 aliphatic rings. The highest BCUT2D eigenvalue weighted by Gasteiger charge is 2.23. The predicted molar refractivity (Wildman–Crippen MR) is 58.7 cm³/mol. The molecule has 0 radical (unpaired) electrons. The van der Waals surface area contributed by atoms with Crippen molar-refractivity contribution in [3.63, 3.8) is 0 Å². The Morgan fingerprint density at radius 1 is 1.44 bits per heavy atom. The van der Waals surface area contributed by atoms with Crippen LogP contribution in [0.15, 0.2) is 0 Å². The second-order valence-electron chi connectivity index (χ2n) is 3.86. The van der Waals surface area contributed by atoms with Gasteiger partial charge in [-0.05, 0) is 12.8 Å². The molecule has 1 rings (SSSR count). The summed E-state index contributed by atoms with van der Waals surface area (Å²) in [5.74, 6) is -0.132. The quantitative estimate of drug-likeness (QED) is 0.627. The molecule has 6 heteroatoms. The number of hydrogen-bond donors (Lipinski definition) is 2. The molecule has 1 fully saturated rings. The van der Waals surface area contributed by atoms with Crippen molar-refractivity contribution in [3.05, 3.63) is 0 Å². The number of rotatable bonds is 4. The van der Waals surface area contributed by atoms with Gasteiger partial charge in [-0.3, -0.25) is 9.59 Å². The Kier molecular flexibility index (Phi) is 5.21. The van der Waals surface area contributed by atoms with E-state index in [1.165, 1.54) is 7.11 Å². The number of piperidine rings is 1. The van der Waals surface area contributed by atoms with E-state index in [2.05, 4.69) is 5.32 Å². The van der Waals surface area contributed by atoms with Crippen LogP contribution >= 0.6 is 0 Å². The fourth-order valence-electron chi connectivity index (χ4n) is 1.77. The van der Waals surface area contributed by atoms with Crippen LogP contribution in [0.3, 0.4) is 0 Å². The first-order chi connectivity index (χ1) is 7.67. The van der Waals surface area contributed by atoms with Crippen molar-refractivity contribution >= 4 is 11.8 Å². The lowest BCUT2D eigenvalue weighted by atomic mass is 10.1. The maximum absolute atomic E-state index is 11.5. The van der Waals surface area contributed by atoms with E-state index in [4.69, 9.17) is 10.5 Å². The number of nitrogens with zero attached hydrogens (tertiary/aromatic N) is 1. The van der Waals surface area contributed by atoms with Crippen LogP contribution in [-0.2, 0) is 14.3 Å². The normalized spacial score (nSPS) is 17.2. The molecule has 0 unspecified atom stereocenters. The molecule has 6 nitrogen and oxygen atoms in total. The van der Waals surface area contributed by atoms with Gasteiger partial charge < -0.3 is 20.7 Å². The van der Waals surface area contributed by atoms with Gasteiger partial charge >= 0.3 is 0 Å². The molecule has 1 heterocycles. The lowest BCUT2D eigenvalue weighted by molar-refractivity contribution is -0.136. The van der Waals surface area contributed by atoms with Gasteiger partial charge in [0.1, 0.15) is 6.61 Å². The first kappa shape index (κ1) is 12.9. The minimum Gasteiger partial charge on any atom is -0.375 e. The third-order valence-corrected chi connectivity index (χ3v) is 2.67. The van der Waals surface area contributed by atoms with Crippen LogP contribution in [0.25, 0.3) is 0 Å². The van der Waals surface area contributed by atoms with Crippen molar-refractivity contribution in [1.29, 1.82) is 0 Å². The highest BCUT2D eigenvalue weighted by atomic mass is 16.5. The molecule has 0 atom stereocenters. The number of methoxy groups -OCH3 is 1. The molecule has 3 N–H and O–H groups in total. The van der Waals surface area contributed by atoms with E-state index < -0.39 is 0 Å². The number of likely N-dealkylation sites (tertiary alicyclic amines) is 1. The van der Waals surface area contributed by atoms with Crippen LogP contribution in [0.5, 0.6) is 0 Å². The van der Waals surface area contributed by atoms with Gasteiger partial charge in [0.25, 0.3) is 0 Å². The summed E-state index contributed by atoms with van der Waals surface area (Å²) in [4.78, 5) is 24.3. The van der Waals surface area contributed by atoms with E-state index in [1.54, 1.807) is 4.90 Å². The molecule has 92 valence electrons. The maximum atomic E-state index is 11.5. The monoisotopic (exact) mass is 229 g/mol. The molecule has 0 aromatic heterocycles. The van der Waals surface area contributed by atoms with Crippen LogP contribution in [0.1, 0.15) is 12.8 Å². The summed E-state index contributed by atoms with van der Waals surface area (Å²) in [7, 11) is 1.51. The predicted octanol–water partition coefficient (Wildman–Crippen LogP) is -1.30. The van der Waals surface area contributed by atoms with E-state index >= 15 is 0 Å². The molecule has 1 saturated heterocycles. The molecule has 0 aromatic rings. The average Bonchev–Trinajstić information content (AvgIpc) is 2.30. The van der Waals surface area contributed by atoms with Gasteiger partial charge in [0.2, 0.25) is 11.8 Å². The molecule has 0 spiro atoms. The van der Waals surface area contributed by atoms with Crippen LogP contribution in [-0.4, -0.2) is 56.1 Å². The molecule has 1 aliphatic heterocycles. The molecule has 16 heavy (non-hydrogen) atoms. The van der Waals surface area contributed by atoms with Crippen molar-refractivity contribution in [2.45, 2.75) is 18.9 Å². The van der Waals surface area contributed by atoms with E-state index in [9.17, 15) is 9.59 Å². The number of ether oxygens (including phenoxy) is 1. The maximum Gasteiger partial charge on any atom is 0.248 e. The zero-order chi connectivity index (χ0) is 12.0. The van der Waals surface area contributed by atoms with Crippen molar-refractivity contribution < 1.29 is 14.3 Å².